The van der Waals surface area contributed by atoms with Gasteiger partial charge in [0.2, 0.25) is 11.8 Å². The Morgan fingerprint density at radius 1 is 1.39 bits per heavy atom. The molecular formula is C11H12N4O3. The van der Waals surface area contributed by atoms with Crippen LogP contribution in [0.1, 0.15) is 16.2 Å². The van der Waals surface area contributed by atoms with Gasteiger partial charge in [0.1, 0.15) is 0 Å². The van der Waals surface area contributed by atoms with Gasteiger partial charge in [0.15, 0.2) is 5.69 Å². The average Bonchev–Trinajstić information content (AvgIpc) is 2.67. The minimum Gasteiger partial charge on any atom is -0.464 e. The smallest absolute Gasteiger partial charge is 0.358 e. The molecular weight excluding hydrogens is 236 g/mol. The minimum absolute atomic E-state index is 0.0916. The highest BCUT2D eigenvalue weighted by Gasteiger charge is 2.11. The first-order valence-electron chi connectivity index (χ1n) is 5.19. The molecule has 0 aromatic carbocycles. The van der Waals surface area contributed by atoms with Crippen molar-refractivity contribution in [2.75, 3.05) is 7.11 Å². The van der Waals surface area contributed by atoms with Crippen LogP contribution in [0.15, 0.2) is 18.5 Å². The van der Waals surface area contributed by atoms with E-state index in [0.29, 0.717) is 5.88 Å². The van der Waals surface area contributed by atoms with E-state index in [-0.39, 0.29) is 11.6 Å². The van der Waals surface area contributed by atoms with Crippen LogP contribution in [0.5, 0.6) is 11.8 Å². The van der Waals surface area contributed by atoms with Crippen LogP contribution in [0, 0.1) is 6.92 Å². The van der Waals surface area contributed by atoms with Crippen LogP contribution in [-0.2, 0) is 11.8 Å². The molecule has 0 aliphatic carbocycles. The summed E-state index contributed by atoms with van der Waals surface area (Å²) in [5, 5.41) is 4.13. The Morgan fingerprint density at radius 3 is 2.78 bits per heavy atom. The second kappa shape index (κ2) is 4.82. The lowest BCUT2D eigenvalue weighted by molar-refractivity contribution is 0.0592. The van der Waals surface area contributed by atoms with E-state index in [0.717, 1.165) is 5.69 Å². The Kier molecular flexibility index (Phi) is 3.22. The summed E-state index contributed by atoms with van der Waals surface area (Å²) in [4.78, 5) is 19.1. The van der Waals surface area contributed by atoms with Gasteiger partial charge in [0.05, 0.1) is 25.2 Å². The van der Waals surface area contributed by atoms with Gasteiger partial charge in [-0.25, -0.2) is 14.5 Å². The zero-order valence-electron chi connectivity index (χ0n) is 10.2. The molecule has 0 unspecified atom stereocenters. The van der Waals surface area contributed by atoms with Crippen molar-refractivity contribution < 1.29 is 14.3 Å². The van der Waals surface area contributed by atoms with Crippen molar-refractivity contribution in [3.8, 4) is 11.8 Å². The molecule has 2 heterocycles. The summed E-state index contributed by atoms with van der Waals surface area (Å²) in [5.41, 5.74) is 0.915. The minimum atomic E-state index is -0.561. The molecule has 2 aromatic rings. The summed E-state index contributed by atoms with van der Waals surface area (Å²) in [6.07, 6.45) is 2.72. The first kappa shape index (κ1) is 12.0. The molecule has 0 saturated carbocycles. The second-order valence-corrected chi connectivity index (χ2v) is 3.58. The molecule has 0 aliphatic rings. The highest BCUT2D eigenvalue weighted by atomic mass is 16.5. The Hall–Kier alpha value is -2.44. The maximum absolute atomic E-state index is 11.3. The summed E-state index contributed by atoms with van der Waals surface area (Å²) in [6, 6.07) is 1.76. The number of rotatable bonds is 3. The lowest BCUT2D eigenvalue weighted by atomic mass is 10.4. The SMILES string of the molecule is COC(=O)c1cncc(Oc2cc(C)nn2C)n1. The van der Waals surface area contributed by atoms with Gasteiger partial charge in [-0.15, -0.1) is 0 Å². The van der Waals surface area contributed by atoms with E-state index in [9.17, 15) is 4.79 Å². The lowest BCUT2D eigenvalue weighted by Crippen LogP contribution is -2.06. The number of hydrogen-bond donors (Lipinski definition) is 0. The van der Waals surface area contributed by atoms with E-state index in [1.54, 1.807) is 17.8 Å². The first-order chi connectivity index (χ1) is 8.60. The van der Waals surface area contributed by atoms with Crippen LogP contribution in [0.4, 0.5) is 0 Å². The van der Waals surface area contributed by atoms with Crippen molar-refractivity contribution in [1.29, 1.82) is 0 Å². The Morgan fingerprint density at radius 2 is 2.17 bits per heavy atom. The third-order valence-corrected chi connectivity index (χ3v) is 2.18. The fourth-order valence-electron chi connectivity index (χ4n) is 1.39. The van der Waals surface area contributed by atoms with Crippen LogP contribution in [0.25, 0.3) is 0 Å². The molecule has 2 aromatic heterocycles. The molecule has 0 atom stereocenters. The van der Waals surface area contributed by atoms with Crippen LogP contribution >= 0.6 is 0 Å². The number of aryl methyl sites for hydroxylation is 2. The zero-order chi connectivity index (χ0) is 13.1. The van der Waals surface area contributed by atoms with Crippen molar-refractivity contribution in [2.24, 2.45) is 7.05 Å². The summed E-state index contributed by atoms with van der Waals surface area (Å²) < 4.78 is 11.6. The van der Waals surface area contributed by atoms with Crippen molar-refractivity contribution in [2.45, 2.75) is 6.92 Å². The Balaban J connectivity index is 2.24. The molecule has 0 radical (unpaired) electrons. The highest BCUT2D eigenvalue weighted by molar-refractivity contribution is 5.86. The Bertz CT molecular complexity index is 579. The van der Waals surface area contributed by atoms with Gasteiger partial charge >= 0.3 is 5.97 Å². The van der Waals surface area contributed by atoms with Crippen LogP contribution in [0.2, 0.25) is 0 Å². The van der Waals surface area contributed by atoms with Crippen molar-refractivity contribution in [3.63, 3.8) is 0 Å². The van der Waals surface area contributed by atoms with E-state index in [2.05, 4.69) is 19.8 Å². The molecule has 7 heteroatoms. The van der Waals surface area contributed by atoms with Gasteiger partial charge in [-0.05, 0) is 6.92 Å². The van der Waals surface area contributed by atoms with Crippen molar-refractivity contribution in [1.82, 2.24) is 19.7 Å². The second-order valence-electron chi connectivity index (χ2n) is 3.58. The maximum Gasteiger partial charge on any atom is 0.358 e. The van der Waals surface area contributed by atoms with E-state index >= 15 is 0 Å². The standard InChI is InChI=1S/C11H12N4O3/c1-7-4-10(15(2)14-7)18-9-6-12-5-8(13-9)11(16)17-3/h4-6H,1-3H3. The van der Waals surface area contributed by atoms with Gasteiger partial charge in [-0.1, -0.05) is 0 Å². The molecule has 0 N–H and O–H groups in total. The summed E-state index contributed by atoms with van der Waals surface area (Å²) in [6.45, 7) is 1.85. The predicted octanol–water partition coefficient (Wildman–Crippen LogP) is 1.10. The Labute approximate surface area is 103 Å². The number of aromatic nitrogens is 4. The lowest BCUT2D eigenvalue weighted by Gasteiger charge is -2.04. The molecule has 7 nitrogen and oxygen atoms in total. The maximum atomic E-state index is 11.3. The molecule has 0 spiro atoms. The normalized spacial score (nSPS) is 10.2. The number of methoxy groups -OCH3 is 1. The fourth-order valence-corrected chi connectivity index (χ4v) is 1.39. The van der Waals surface area contributed by atoms with Crippen LogP contribution in [0.3, 0.4) is 0 Å². The van der Waals surface area contributed by atoms with Gasteiger partial charge in [0, 0.05) is 13.1 Å². The number of carbonyl (C=O) groups is 1. The van der Waals surface area contributed by atoms with Crippen molar-refractivity contribution >= 4 is 5.97 Å². The van der Waals surface area contributed by atoms with Crippen LogP contribution in [-0.4, -0.2) is 32.8 Å². The van der Waals surface area contributed by atoms with Gasteiger partial charge in [0.25, 0.3) is 0 Å². The number of ether oxygens (including phenoxy) is 2. The van der Waals surface area contributed by atoms with Gasteiger partial charge in [-0.2, -0.15) is 5.10 Å². The molecule has 2 rings (SSSR count). The highest BCUT2D eigenvalue weighted by Crippen LogP contribution is 2.19. The molecule has 0 saturated heterocycles. The molecule has 0 aliphatic heterocycles. The monoisotopic (exact) mass is 248 g/mol. The fraction of sp³-hybridized carbons (Fsp3) is 0.273. The largest absolute Gasteiger partial charge is 0.464 e. The van der Waals surface area contributed by atoms with Crippen molar-refractivity contribution in [3.05, 3.63) is 29.8 Å². The van der Waals surface area contributed by atoms with Gasteiger partial charge in [-0.3, -0.25) is 4.98 Å². The van der Waals surface area contributed by atoms with E-state index < -0.39 is 5.97 Å². The van der Waals surface area contributed by atoms with Crippen LogP contribution < -0.4 is 4.74 Å². The summed E-state index contributed by atoms with van der Waals surface area (Å²) in [5.74, 6) is 0.166. The number of carbonyl (C=O) groups excluding carboxylic acids is 1. The molecule has 94 valence electrons. The quantitative estimate of drug-likeness (QED) is 0.757. The summed E-state index contributed by atoms with van der Waals surface area (Å²) >= 11 is 0. The number of hydrogen-bond acceptors (Lipinski definition) is 6. The molecule has 0 bridgehead atoms. The molecule has 18 heavy (non-hydrogen) atoms. The molecule has 0 fully saturated rings. The molecule has 0 amide bonds. The summed E-state index contributed by atoms with van der Waals surface area (Å²) in [7, 11) is 3.03. The number of nitrogens with zero attached hydrogens (tertiary/aromatic N) is 4. The van der Waals surface area contributed by atoms with E-state index in [4.69, 9.17) is 4.74 Å². The predicted molar refractivity (Wildman–Crippen MR) is 61.4 cm³/mol. The van der Waals surface area contributed by atoms with E-state index in [1.807, 2.05) is 6.92 Å². The van der Waals surface area contributed by atoms with Gasteiger partial charge < -0.3 is 9.47 Å². The third-order valence-electron chi connectivity index (χ3n) is 2.18. The topological polar surface area (TPSA) is 79.1 Å². The first-order valence-corrected chi connectivity index (χ1v) is 5.19. The van der Waals surface area contributed by atoms with E-state index in [1.165, 1.54) is 19.5 Å². The average molecular weight is 248 g/mol. The number of esters is 1. The zero-order valence-corrected chi connectivity index (χ0v) is 10.2. The third kappa shape index (κ3) is 2.45.